The molecule has 1 N–H and O–H groups in total. The van der Waals surface area contributed by atoms with Gasteiger partial charge in [-0.1, -0.05) is 35.9 Å². The van der Waals surface area contributed by atoms with Gasteiger partial charge in [0, 0.05) is 0 Å². The highest BCUT2D eigenvalue weighted by molar-refractivity contribution is 5.83. The number of hydrogen-bond acceptors (Lipinski definition) is 3. The van der Waals surface area contributed by atoms with Crippen LogP contribution in [0, 0.1) is 0 Å². The molecule has 0 spiro atoms. The van der Waals surface area contributed by atoms with Gasteiger partial charge in [0.25, 0.3) is 0 Å². The van der Waals surface area contributed by atoms with Crippen LogP contribution in [0.5, 0.6) is 0 Å². The molecule has 1 atom stereocenters. The molecule has 0 saturated carbocycles. The lowest BCUT2D eigenvalue weighted by Gasteiger charge is -2.19. The van der Waals surface area contributed by atoms with Crippen LogP contribution in [0.25, 0.3) is 0 Å². The Kier molecular flexibility index (Phi) is 6.81. The van der Waals surface area contributed by atoms with E-state index in [0.717, 1.165) is 5.57 Å². The zero-order valence-electron chi connectivity index (χ0n) is 12.8. The van der Waals surface area contributed by atoms with Gasteiger partial charge in [-0.15, -0.1) is 0 Å². The summed E-state index contributed by atoms with van der Waals surface area (Å²) in [5.41, 5.74) is 1.34. The molecule has 0 saturated heterocycles. The highest BCUT2D eigenvalue weighted by Crippen LogP contribution is 2.21. The summed E-state index contributed by atoms with van der Waals surface area (Å²) in [5.74, 6) is -2.79. The van der Waals surface area contributed by atoms with Crippen molar-refractivity contribution in [2.45, 2.75) is 32.5 Å². The van der Waals surface area contributed by atoms with Crippen LogP contribution in [0.4, 0.5) is 13.2 Å². The lowest BCUT2D eigenvalue weighted by Crippen LogP contribution is -2.40. The van der Waals surface area contributed by atoms with E-state index in [9.17, 15) is 22.8 Å². The molecule has 1 amide bonds. The minimum absolute atomic E-state index is 0.0376. The van der Waals surface area contributed by atoms with Crippen molar-refractivity contribution in [3.8, 4) is 0 Å². The average Bonchev–Trinajstić information content (AvgIpc) is 2.46. The molecule has 0 bridgehead atoms. The Hall–Kier alpha value is -2.31. The lowest BCUT2D eigenvalue weighted by atomic mass is 10.0. The Morgan fingerprint density at radius 2 is 1.83 bits per heavy atom. The van der Waals surface area contributed by atoms with E-state index in [1.807, 2.05) is 19.2 Å². The first-order valence-corrected chi connectivity index (χ1v) is 6.91. The van der Waals surface area contributed by atoms with Gasteiger partial charge < -0.3 is 10.1 Å². The maximum absolute atomic E-state index is 12.4. The number of alkyl halides is 3. The highest BCUT2D eigenvalue weighted by atomic mass is 19.4. The van der Waals surface area contributed by atoms with Gasteiger partial charge in [0.2, 0.25) is 0 Å². The summed E-state index contributed by atoms with van der Waals surface area (Å²) in [4.78, 5) is 22.9. The van der Waals surface area contributed by atoms with Crippen molar-refractivity contribution in [1.29, 1.82) is 0 Å². The Morgan fingerprint density at radius 3 is 2.35 bits per heavy atom. The lowest BCUT2D eigenvalue weighted by molar-refractivity contribution is -0.174. The van der Waals surface area contributed by atoms with E-state index in [4.69, 9.17) is 4.74 Å². The van der Waals surface area contributed by atoms with Crippen LogP contribution >= 0.6 is 0 Å². The van der Waals surface area contributed by atoms with E-state index in [1.54, 1.807) is 24.3 Å². The monoisotopic (exact) mass is 329 g/mol. The zero-order valence-corrected chi connectivity index (χ0v) is 12.8. The number of allylic oxidation sites excluding steroid dienone is 1. The Balaban J connectivity index is 2.78. The summed E-state index contributed by atoms with van der Waals surface area (Å²) in [6, 6.07) is 6.85. The van der Waals surface area contributed by atoms with E-state index in [1.165, 1.54) is 12.1 Å². The Morgan fingerprint density at radius 1 is 1.22 bits per heavy atom. The molecule has 126 valence electrons. The second-order valence-corrected chi connectivity index (χ2v) is 5.10. The molecule has 23 heavy (non-hydrogen) atoms. The van der Waals surface area contributed by atoms with Gasteiger partial charge in [0.05, 0.1) is 12.5 Å². The number of nitrogens with one attached hydrogen (secondary N) is 1. The van der Waals surface area contributed by atoms with Gasteiger partial charge >= 0.3 is 18.1 Å². The minimum Gasteiger partial charge on any atom is -0.461 e. The molecule has 0 heterocycles. The SMILES string of the molecule is CC(C)=CCOC(=O)CC(NC(=O)C(F)(F)F)c1ccccc1. The summed E-state index contributed by atoms with van der Waals surface area (Å²) >= 11 is 0. The molecular formula is C16H18F3NO3. The number of hydrogen-bond donors (Lipinski definition) is 1. The zero-order chi connectivity index (χ0) is 17.5. The maximum atomic E-state index is 12.4. The summed E-state index contributed by atoms with van der Waals surface area (Å²) in [7, 11) is 0. The third-order valence-corrected chi connectivity index (χ3v) is 2.87. The molecule has 1 unspecified atom stereocenters. The van der Waals surface area contributed by atoms with Crippen LogP contribution in [-0.4, -0.2) is 24.7 Å². The molecule has 1 aromatic rings. The molecule has 4 nitrogen and oxygen atoms in total. The first-order valence-electron chi connectivity index (χ1n) is 6.91. The average molecular weight is 329 g/mol. The van der Waals surface area contributed by atoms with Gasteiger partial charge in [-0.3, -0.25) is 9.59 Å². The smallest absolute Gasteiger partial charge is 0.461 e. The highest BCUT2D eigenvalue weighted by Gasteiger charge is 2.40. The van der Waals surface area contributed by atoms with Crippen LogP contribution in [0.15, 0.2) is 42.0 Å². The first kappa shape index (κ1) is 18.7. The third kappa shape index (κ3) is 6.99. The topological polar surface area (TPSA) is 55.4 Å². The number of carbonyl (C=O) groups is 2. The second kappa shape index (κ2) is 8.36. The van der Waals surface area contributed by atoms with E-state index < -0.39 is 24.1 Å². The predicted molar refractivity (Wildman–Crippen MR) is 78.4 cm³/mol. The standard InChI is InChI=1S/C16H18F3NO3/c1-11(2)8-9-23-14(21)10-13(12-6-4-3-5-7-12)20-15(22)16(17,18)19/h3-8,13H,9-10H2,1-2H3,(H,20,22). The summed E-state index contributed by atoms with van der Waals surface area (Å²) in [6.45, 7) is 3.68. The number of ether oxygens (including phenoxy) is 1. The molecule has 0 aliphatic rings. The molecular weight excluding hydrogens is 311 g/mol. The van der Waals surface area contributed by atoms with Crippen LogP contribution in [0.3, 0.4) is 0 Å². The summed E-state index contributed by atoms with van der Waals surface area (Å²) in [5, 5.41) is 1.82. The number of carbonyl (C=O) groups excluding carboxylic acids is 2. The molecule has 0 radical (unpaired) electrons. The number of benzene rings is 1. The van der Waals surface area contributed by atoms with Gasteiger partial charge in [0.15, 0.2) is 0 Å². The third-order valence-electron chi connectivity index (χ3n) is 2.87. The Bertz CT molecular complexity index is 564. The predicted octanol–water partition coefficient (Wildman–Crippen LogP) is 3.31. The molecule has 7 heteroatoms. The molecule has 1 aromatic carbocycles. The quantitative estimate of drug-likeness (QED) is 0.643. The second-order valence-electron chi connectivity index (χ2n) is 5.10. The number of esters is 1. The fourth-order valence-corrected chi connectivity index (χ4v) is 1.70. The number of halogens is 3. The normalized spacial score (nSPS) is 12.2. The van der Waals surface area contributed by atoms with Gasteiger partial charge in [0.1, 0.15) is 6.61 Å². The van der Waals surface area contributed by atoms with Gasteiger partial charge in [-0.05, 0) is 25.5 Å². The van der Waals surface area contributed by atoms with Crippen LogP contribution < -0.4 is 5.32 Å². The Labute approximate surface area is 132 Å². The van der Waals surface area contributed by atoms with Crippen molar-refractivity contribution in [3.05, 3.63) is 47.5 Å². The van der Waals surface area contributed by atoms with E-state index >= 15 is 0 Å². The fourth-order valence-electron chi connectivity index (χ4n) is 1.70. The van der Waals surface area contributed by atoms with E-state index in [2.05, 4.69) is 0 Å². The molecule has 0 aliphatic heterocycles. The van der Waals surface area contributed by atoms with Crippen molar-refractivity contribution in [2.75, 3.05) is 6.61 Å². The molecule has 0 fully saturated rings. The molecule has 0 aromatic heterocycles. The number of rotatable bonds is 6. The van der Waals surface area contributed by atoms with Crippen molar-refractivity contribution in [1.82, 2.24) is 5.32 Å². The van der Waals surface area contributed by atoms with Crippen molar-refractivity contribution in [3.63, 3.8) is 0 Å². The van der Waals surface area contributed by atoms with E-state index in [0.29, 0.717) is 5.56 Å². The maximum Gasteiger partial charge on any atom is 0.471 e. The fraction of sp³-hybridized carbons (Fsp3) is 0.375. The number of amides is 1. The molecule has 0 aliphatic carbocycles. The largest absolute Gasteiger partial charge is 0.471 e. The van der Waals surface area contributed by atoms with E-state index in [-0.39, 0.29) is 13.0 Å². The van der Waals surface area contributed by atoms with Crippen LogP contribution in [0.1, 0.15) is 31.9 Å². The van der Waals surface area contributed by atoms with Gasteiger partial charge in [-0.25, -0.2) is 0 Å². The van der Waals surface area contributed by atoms with Crippen molar-refractivity contribution in [2.24, 2.45) is 0 Å². The summed E-state index contributed by atoms with van der Waals surface area (Å²) in [6.07, 6.45) is -3.73. The summed E-state index contributed by atoms with van der Waals surface area (Å²) < 4.78 is 42.2. The van der Waals surface area contributed by atoms with Gasteiger partial charge in [-0.2, -0.15) is 13.2 Å². The minimum atomic E-state index is -5.01. The van der Waals surface area contributed by atoms with Crippen molar-refractivity contribution < 1.29 is 27.5 Å². The first-order chi connectivity index (χ1) is 10.7. The van der Waals surface area contributed by atoms with Crippen LogP contribution in [0.2, 0.25) is 0 Å². The van der Waals surface area contributed by atoms with Crippen LogP contribution in [-0.2, 0) is 14.3 Å². The van der Waals surface area contributed by atoms with Crippen molar-refractivity contribution >= 4 is 11.9 Å². The molecule has 1 rings (SSSR count).